The highest BCUT2D eigenvalue weighted by atomic mass is 16.3. The molecule has 0 saturated heterocycles. The molecule has 0 spiro atoms. The molecule has 100 valence electrons. The lowest BCUT2D eigenvalue weighted by atomic mass is 10.1. The molecule has 5 nitrogen and oxygen atoms in total. The van der Waals surface area contributed by atoms with Crippen molar-refractivity contribution < 1.29 is 9.90 Å². The Morgan fingerprint density at radius 3 is 2.74 bits per heavy atom. The zero-order valence-electron chi connectivity index (χ0n) is 10.8. The first kappa shape index (κ1) is 13.3. The van der Waals surface area contributed by atoms with Crippen LogP contribution in [0.1, 0.15) is 16.1 Å². The molecule has 2 N–H and O–H groups in total. The Labute approximate surface area is 111 Å². The van der Waals surface area contributed by atoms with E-state index in [0.29, 0.717) is 12.1 Å². The van der Waals surface area contributed by atoms with Gasteiger partial charge in [0.2, 0.25) is 0 Å². The average Bonchev–Trinajstić information content (AvgIpc) is 2.85. The molecule has 1 aromatic heterocycles. The third-order valence-corrected chi connectivity index (χ3v) is 2.93. The van der Waals surface area contributed by atoms with Crippen LogP contribution >= 0.6 is 0 Å². The number of benzene rings is 1. The number of carbonyl (C=O) groups excluding carboxylic acids is 1. The smallest absolute Gasteiger partial charge is 0.269 e. The number of carbonyl (C=O) groups is 1. The zero-order chi connectivity index (χ0) is 13.7. The van der Waals surface area contributed by atoms with Gasteiger partial charge in [-0.25, -0.2) is 4.98 Å². The molecule has 0 fully saturated rings. The topological polar surface area (TPSA) is 67.2 Å². The summed E-state index contributed by atoms with van der Waals surface area (Å²) in [5.74, 6) is -0.227. The molecule has 0 saturated carbocycles. The van der Waals surface area contributed by atoms with Crippen molar-refractivity contribution in [3.8, 4) is 0 Å². The van der Waals surface area contributed by atoms with Gasteiger partial charge in [-0.15, -0.1) is 0 Å². The highest BCUT2D eigenvalue weighted by Gasteiger charge is 2.15. The number of amides is 1. The summed E-state index contributed by atoms with van der Waals surface area (Å²) < 4.78 is 1.65. The molecule has 1 amide bonds. The number of hydrogen-bond acceptors (Lipinski definition) is 3. The molecule has 0 radical (unpaired) electrons. The van der Waals surface area contributed by atoms with Gasteiger partial charge in [0.05, 0.1) is 25.2 Å². The summed E-state index contributed by atoms with van der Waals surface area (Å²) in [4.78, 5) is 15.9. The molecule has 0 bridgehead atoms. The van der Waals surface area contributed by atoms with Crippen LogP contribution in [-0.2, 0) is 13.5 Å². The number of aryl methyl sites for hydroxylation is 1. The molecule has 0 aliphatic heterocycles. The first-order chi connectivity index (χ1) is 9.20. The van der Waals surface area contributed by atoms with Crippen molar-refractivity contribution in [2.75, 3.05) is 6.61 Å². The van der Waals surface area contributed by atoms with Crippen molar-refractivity contribution in [1.29, 1.82) is 0 Å². The van der Waals surface area contributed by atoms with Crippen molar-refractivity contribution in [2.45, 2.75) is 12.5 Å². The van der Waals surface area contributed by atoms with Crippen LogP contribution in [0, 0.1) is 0 Å². The summed E-state index contributed by atoms with van der Waals surface area (Å²) in [5, 5.41) is 12.2. The quantitative estimate of drug-likeness (QED) is 0.832. The number of imidazole rings is 1. The molecule has 2 rings (SSSR count). The van der Waals surface area contributed by atoms with Gasteiger partial charge in [0.25, 0.3) is 5.91 Å². The Hall–Kier alpha value is -2.14. The van der Waals surface area contributed by atoms with E-state index >= 15 is 0 Å². The molecule has 0 unspecified atom stereocenters. The fourth-order valence-electron chi connectivity index (χ4n) is 1.90. The monoisotopic (exact) mass is 259 g/mol. The standard InChI is InChI=1S/C14H17N3O2/c1-17-10-15-8-13(17)14(19)16-12(9-18)7-11-5-3-2-4-6-11/h2-6,8,10,12,18H,7,9H2,1H3,(H,16,19)/t12-/m1/s1. The van der Waals surface area contributed by atoms with E-state index in [4.69, 9.17) is 0 Å². The van der Waals surface area contributed by atoms with Gasteiger partial charge in [0, 0.05) is 7.05 Å². The molecule has 0 aliphatic carbocycles. The second kappa shape index (κ2) is 6.15. The molecular weight excluding hydrogens is 242 g/mol. The van der Waals surface area contributed by atoms with Crippen molar-refractivity contribution in [3.63, 3.8) is 0 Å². The second-order valence-electron chi connectivity index (χ2n) is 4.43. The van der Waals surface area contributed by atoms with Gasteiger partial charge in [-0.1, -0.05) is 30.3 Å². The number of hydrogen-bond donors (Lipinski definition) is 2. The maximum Gasteiger partial charge on any atom is 0.269 e. The number of nitrogens with one attached hydrogen (secondary N) is 1. The minimum atomic E-state index is -0.301. The fourth-order valence-corrected chi connectivity index (χ4v) is 1.90. The largest absolute Gasteiger partial charge is 0.394 e. The first-order valence-corrected chi connectivity index (χ1v) is 6.12. The Morgan fingerprint density at radius 1 is 1.42 bits per heavy atom. The van der Waals surface area contributed by atoms with Crippen LogP contribution in [0.5, 0.6) is 0 Å². The Bertz CT molecular complexity index is 537. The van der Waals surface area contributed by atoms with Crippen molar-refractivity contribution in [2.24, 2.45) is 7.05 Å². The van der Waals surface area contributed by atoms with E-state index < -0.39 is 0 Å². The van der Waals surface area contributed by atoms with Gasteiger partial charge >= 0.3 is 0 Å². The van der Waals surface area contributed by atoms with Crippen LogP contribution in [-0.4, -0.2) is 33.2 Å². The van der Waals surface area contributed by atoms with Gasteiger partial charge in [-0.05, 0) is 12.0 Å². The van der Waals surface area contributed by atoms with Crippen LogP contribution in [0.3, 0.4) is 0 Å². The van der Waals surface area contributed by atoms with Gasteiger partial charge in [-0.2, -0.15) is 0 Å². The van der Waals surface area contributed by atoms with Crippen LogP contribution < -0.4 is 5.32 Å². The van der Waals surface area contributed by atoms with Crippen LogP contribution in [0.25, 0.3) is 0 Å². The summed E-state index contributed by atoms with van der Waals surface area (Å²) in [6.45, 7) is -0.0987. The van der Waals surface area contributed by atoms with Crippen molar-refractivity contribution >= 4 is 5.91 Å². The molecule has 2 aromatic rings. The molecule has 5 heteroatoms. The maximum absolute atomic E-state index is 12.0. The second-order valence-corrected chi connectivity index (χ2v) is 4.43. The molecule has 0 aliphatic rings. The number of nitrogens with zero attached hydrogens (tertiary/aromatic N) is 2. The van der Waals surface area contributed by atoms with E-state index in [1.165, 1.54) is 6.20 Å². The SMILES string of the molecule is Cn1cncc1C(=O)N[C@@H](CO)Cc1ccccc1. The predicted octanol–water partition coefficient (Wildman–Crippen LogP) is 0.753. The molecule has 19 heavy (non-hydrogen) atoms. The van der Waals surface area contributed by atoms with E-state index in [-0.39, 0.29) is 18.6 Å². The zero-order valence-corrected chi connectivity index (χ0v) is 10.8. The first-order valence-electron chi connectivity index (χ1n) is 6.12. The highest BCUT2D eigenvalue weighted by Crippen LogP contribution is 2.04. The Morgan fingerprint density at radius 2 is 2.16 bits per heavy atom. The number of aromatic nitrogens is 2. The summed E-state index contributed by atoms with van der Waals surface area (Å²) in [5.41, 5.74) is 1.55. The number of aliphatic hydroxyl groups excluding tert-OH is 1. The summed E-state index contributed by atoms with van der Waals surface area (Å²) in [6.07, 6.45) is 3.67. The minimum Gasteiger partial charge on any atom is -0.394 e. The minimum absolute atomic E-state index is 0.0987. The lowest BCUT2D eigenvalue weighted by Crippen LogP contribution is -2.39. The molecule has 1 heterocycles. The third kappa shape index (κ3) is 3.42. The Balaban J connectivity index is 2.00. The van der Waals surface area contributed by atoms with Gasteiger partial charge < -0.3 is 15.0 Å². The van der Waals surface area contributed by atoms with E-state index in [1.54, 1.807) is 17.9 Å². The average molecular weight is 259 g/mol. The number of aliphatic hydroxyl groups is 1. The molecule has 1 aromatic carbocycles. The van der Waals surface area contributed by atoms with Crippen LogP contribution in [0.2, 0.25) is 0 Å². The van der Waals surface area contributed by atoms with Gasteiger partial charge in [0.15, 0.2) is 0 Å². The van der Waals surface area contributed by atoms with Crippen LogP contribution in [0.4, 0.5) is 0 Å². The maximum atomic E-state index is 12.0. The predicted molar refractivity (Wildman–Crippen MR) is 71.7 cm³/mol. The normalized spacial score (nSPS) is 12.1. The van der Waals surface area contributed by atoms with E-state index in [9.17, 15) is 9.90 Å². The lowest BCUT2D eigenvalue weighted by molar-refractivity contribution is 0.0908. The van der Waals surface area contributed by atoms with E-state index in [0.717, 1.165) is 5.56 Å². The number of rotatable bonds is 5. The third-order valence-electron chi connectivity index (χ3n) is 2.93. The van der Waals surface area contributed by atoms with Crippen molar-refractivity contribution in [1.82, 2.24) is 14.9 Å². The van der Waals surface area contributed by atoms with E-state index in [2.05, 4.69) is 10.3 Å². The van der Waals surface area contributed by atoms with E-state index in [1.807, 2.05) is 30.3 Å². The van der Waals surface area contributed by atoms with Gasteiger partial charge in [-0.3, -0.25) is 4.79 Å². The fraction of sp³-hybridized carbons (Fsp3) is 0.286. The summed E-state index contributed by atoms with van der Waals surface area (Å²) in [7, 11) is 1.76. The summed E-state index contributed by atoms with van der Waals surface area (Å²) in [6, 6.07) is 9.45. The van der Waals surface area contributed by atoms with Crippen LogP contribution in [0.15, 0.2) is 42.9 Å². The van der Waals surface area contributed by atoms with Crippen molar-refractivity contribution in [3.05, 3.63) is 54.1 Å². The highest BCUT2D eigenvalue weighted by molar-refractivity contribution is 5.92. The molecular formula is C14H17N3O2. The molecule has 1 atom stereocenters. The Kier molecular flexibility index (Phi) is 4.30. The summed E-state index contributed by atoms with van der Waals surface area (Å²) >= 11 is 0. The lowest BCUT2D eigenvalue weighted by Gasteiger charge is -2.16. The van der Waals surface area contributed by atoms with Gasteiger partial charge in [0.1, 0.15) is 5.69 Å².